The summed E-state index contributed by atoms with van der Waals surface area (Å²) >= 11 is 0. The first-order valence-electron chi connectivity index (χ1n) is 11.9. The number of aliphatic hydroxyl groups is 1. The van der Waals surface area contributed by atoms with Crippen molar-refractivity contribution < 1.29 is 18.3 Å². The Kier molecular flexibility index (Phi) is 7.04. The Balaban J connectivity index is 0.00000259. The Morgan fingerprint density at radius 1 is 1.15 bits per heavy atom. The van der Waals surface area contributed by atoms with Crippen molar-refractivity contribution in [3.63, 3.8) is 0 Å². The van der Waals surface area contributed by atoms with Crippen LogP contribution in [0.25, 0.3) is 0 Å². The number of benzene rings is 1. The molecule has 3 atom stereocenters. The number of carbonyl (C=O) groups excluding carboxylic acids is 1. The molecular formula is C25H33ClN2O4S. The van der Waals surface area contributed by atoms with E-state index in [9.17, 15) is 18.3 Å². The Morgan fingerprint density at radius 2 is 1.91 bits per heavy atom. The van der Waals surface area contributed by atoms with E-state index in [0.29, 0.717) is 23.2 Å². The molecule has 0 spiro atoms. The number of nitrogens with zero attached hydrogens (tertiary/aromatic N) is 2. The summed E-state index contributed by atoms with van der Waals surface area (Å²) in [5.41, 5.74) is 2.59. The number of halogens is 1. The van der Waals surface area contributed by atoms with E-state index in [4.69, 9.17) is 0 Å². The molecule has 3 aliphatic carbocycles. The van der Waals surface area contributed by atoms with Gasteiger partial charge in [0.25, 0.3) is 0 Å². The highest BCUT2D eigenvalue weighted by Crippen LogP contribution is 2.47. The van der Waals surface area contributed by atoms with E-state index < -0.39 is 9.84 Å². The van der Waals surface area contributed by atoms with Crippen molar-refractivity contribution in [3.05, 3.63) is 47.3 Å². The number of rotatable bonds is 9. The van der Waals surface area contributed by atoms with E-state index >= 15 is 0 Å². The van der Waals surface area contributed by atoms with Crippen molar-refractivity contribution in [2.24, 2.45) is 13.0 Å². The second-order valence-electron chi connectivity index (χ2n) is 10.1. The Hall–Kier alpha value is -1.70. The summed E-state index contributed by atoms with van der Waals surface area (Å²) in [4.78, 5) is 13.9. The van der Waals surface area contributed by atoms with E-state index in [1.54, 1.807) is 10.7 Å². The number of carbonyl (C=O) groups is 1. The minimum atomic E-state index is -3.27. The maximum atomic E-state index is 13.5. The Bertz CT molecular complexity index is 1120. The molecule has 6 nitrogen and oxygen atoms in total. The molecule has 2 aromatic rings. The fourth-order valence-corrected chi connectivity index (χ4v) is 7.15. The van der Waals surface area contributed by atoms with E-state index in [1.807, 2.05) is 31.4 Å². The van der Waals surface area contributed by atoms with Crippen molar-refractivity contribution >= 4 is 28.0 Å². The van der Waals surface area contributed by atoms with Gasteiger partial charge in [-0.1, -0.05) is 12.1 Å². The van der Waals surface area contributed by atoms with Crippen LogP contribution in [-0.4, -0.2) is 40.4 Å². The van der Waals surface area contributed by atoms with Crippen molar-refractivity contribution in [1.82, 2.24) is 9.78 Å². The quantitative estimate of drug-likeness (QED) is 0.569. The van der Waals surface area contributed by atoms with Gasteiger partial charge in [-0.05, 0) is 86.5 Å². The summed E-state index contributed by atoms with van der Waals surface area (Å²) in [6, 6.07) is 7.52. The van der Waals surface area contributed by atoms with Crippen LogP contribution in [0, 0.1) is 5.92 Å². The predicted molar refractivity (Wildman–Crippen MR) is 128 cm³/mol. The van der Waals surface area contributed by atoms with E-state index in [2.05, 4.69) is 5.10 Å². The molecule has 180 valence electrons. The number of ketones is 1. The molecule has 0 saturated heterocycles. The fraction of sp³-hybridized carbons (Fsp3) is 0.600. The lowest BCUT2D eigenvalue weighted by Crippen LogP contribution is -2.19. The third-order valence-corrected chi connectivity index (χ3v) is 9.65. The number of hydrogen-bond donors (Lipinski definition) is 1. The molecule has 3 fully saturated rings. The fourth-order valence-electron chi connectivity index (χ4n) is 5.22. The van der Waals surface area contributed by atoms with Gasteiger partial charge in [-0.2, -0.15) is 5.10 Å². The minimum absolute atomic E-state index is 0. The lowest BCUT2D eigenvalue weighted by atomic mass is 9.83. The van der Waals surface area contributed by atoms with Gasteiger partial charge in [0.1, 0.15) is 5.78 Å². The molecule has 1 aromatic heterocycles. The van der Waals surface area contributed by atoms with Crippen LogP contribution in [0.5, 0.6) is 0 Å². The van der Waals surface area contributed by atoms with Gasteiger partial charge in [-0.25, -0.2) is 8.42 Å². The van der Waals surface area contributed by atoms with Gasteiger partial charge in [0, 0.05) is 19.2 Å². The van der Waals surface area contributed by atoms with Crippen molar-refractivity contribution in [2.75, 3.05) is 0 Å². The number of aryl methyl sites for hydroxylation is 1. The van der Waals surface area contributed by atoms with Gasteiger partial charge in [0.05, 0.1) is 28.4 Å². The van der Waals surface area contributed by atoms with Crippen LogP contribution < -0.4 is 0 Å². The Morgan fingerprint density at radius 3 is 2.48 bits per heavy atom. The van der Waals surface area contributed by atoms with Gasteiger partial charge >= 0.3 is 0 Å². The zero-order chi connectivity index (χ0) is 22.5. The van der Waals surface area contributed by atoms with Crippen molar-refractivity contribution in [2.45, 2.75) is 85.9 Å². The van der Waals surface area contributed by atoms with E-state index in [1.165, 1.54) is 0 Å². The molecule has 0 aliphatic heterocycles. The molecule has 33 heavy (non-hydrogen) atoms. The van der Waals surface area contributed by atoms with Crippen LogP contribution in [0.15, 0.2) is 35.4 Å². The molecule has 8 heteroatoms. The molecule has 1 unspecified atom stereocenters. The minimum Gasteiger partial charge on any atom is -0.393 e. The van der Waals surface area contributed by atoms with Gasteiger partial charge in [0.15, 0.2) is 9.84 Å². The van der Waals surface area contributed by atoms with Gasteiger partial charge < -0.3 is 5.11 Å². The number of hydrogen-bond acceptors (Lipinski definition) is 5. The SMILES string of the molecule is Cl.Cn1ccc(CC(=O)[C@H](C[C@H]2CCC(O)C2)c2ccc(S(=O)(=O)C3CC3)c(C3CC3)c2)n1. The molecule has 3 saturated carbocycles. The molecular weight excluding hydrogens is 460 g/mol. The molecule has 1 N–H and O–H groups in total. The van der Waals surface area contributed by atoms with Crippen molar-refractivity contribution in [3.8, 4) is 0 Å². The van der Waals surface area contributed by atoms with E-state index in [0.717, 1.165) is 61.8 Å². The topological polar surface area (TPSA) is 89.3 Å². The second kappa shape index (κ2) is 9.51. The van der Waals surface area contributed by atoms with Gasteiger partial charge in [-0.3, -0.25) is 9.48 Å². The van der Waals surface area contributed by atoms with Crippen LogP contribution in [0.3, 0.4) is 0 Å². The van der Waals surface area contributed by atoms with Crippen LogP contribution >= 0.6 is 12.4 Å². The van der Waals surface area contributed by atoms with Crippen molar-refractivity contribution in [1.29, 1.82) is 0 Å². The van der Waals surface area contributed by atoms with Crippen LogP contribution in [0.4, 0.5) is 0 Å². The number of aliphatic hydroxyl groups excluding tert-OH is 1. The Labute approximate surface area is 202 Å². The summed E-state index contributed by atoms with van der Waals surface area (Å²) < 4.78 is 27.7. The largest absolute Gasteiger partial charge is 0.393 e. The highest BCUT2D eigenvalue weighted by molar-refractivity contribution is 7.92. The zero-order valence-electron chi connectivity index (χ0n) is 19.0. The third kappa shape index (κ3) is 5.36. The summed E-state index contributed by atoms with van der Waals surface area (Å²) in [6.45, 7) is 0. The number of Topliss-reactive ketones (excluding diaryl/α,β-unsaturated/α-hetero) is 1. The van der Waals surface area contributed by atoms with Crippen LogP contribution in [0.2, 0.25) is 0 Å². The summed E-state index contributed by atoms with van der Waals surface area (Å²) in [7, 11) is -1.43. The average molecular weight is 493 g/mol. The lowest BCUT2D eigenvalue weighted by molar-refractivity contribution is -0.120. The molecule has 5 rings (SSSR count). The molecule has 3 aliphatic rings. The first-order valence-corrected chi connectivity index (χ1v) is 13.4. The first-order chi connectivity index (χ1) is 15.3. The van der Waals surface area contributed by atoms with Gasteiger partial charge in [0.2, 0.25) is 0 Å². The van der Waals surface area contributed by atoms with Crippen LogP contribution in [0.1, 0.15) is 80.0 Å². The molecule has 0 bridgehead atoms. The highest BCUT2D eigenvalue weighted by Gasteiger charge is 2.41. The normalized spacial score (nSPS) is 23.8. The number of sulfone groups is 1. The predicted octanol–water partition coefficient (Wildman–Crippen LogP) is 4.10. The molecule has 0 radical (unpaired) electrons. The highest BCUT2D eigenvalue weighted by atomic mass is 35.5. The van der Waals surface area contributed by atoms with Gasteiger partial charge in [-0.15, -0.1) is 12.4 Å². The lowest BCUT2D eigenvalue weighted by Gasteiger charge is -2.22. The maximum absolute atomic E-state index is 13.5. The first kappa shape index (κ1) is 24.4. The molecule has 1 aromatic carbocycles. The molecule has 1 heterocycles. The summed E-state index contributed by atoms with van der Waals surface area (Å²) in [6.07, 6.45) is 8.51. The summed E-state index contributed by atoms with van der Waals surface area (Å²) in [5.74, 6) is 0.410. The molecule has 0 amide bonds. The standard InChI is InChI=1S/C25H32N2O4S.ClH/c1-27-11-10-19(26-27)15-24(29)22(13-16-2-6-20(28)12-16)18-5-9-25(23(14-18)17-3-4-17)32(30,31)21-7-8-21;/h5,9-11,14,16-17,20-22,28H,2-4,6-8,12-13,15H2,1H3;1H/t16-,20?,22+;/m0./s1. The van der Waals surface area contributed by atoms with Crippen LogP contribution in [-0.2, 0) is 28.1 Å². The summed E-state index contributed by atoms with van der Waals surface area (Å²) in [5, 5.41) is 14.2. The average Bonchev–Trinajstić information content (AvgIpc) is 3.68. The number of aromatic nitrogens is 2. The zero-order valence-corrected chi connectivity index (χ0v) is 20.7. The monoisotopic (exact) mass is 492 g/mol. The van der Waals surface area contributed by atoms with E-state index in [-0.39, 0.29) is 41.9 Å². The second-order valence-corrected chi connectivity index (χ2v) is 12.3. The third-order valence-electron chi connectivity index (χ3n) is 7.32. The maximum Gasteiger partial charge on any atom is 0.181 e. The smallest absolute Gasteiger partial charge is 0.181 e.